The van der Waals surface area contributed by atoms with Gasteiger partial charge in [-0.25, -0.2) is 9.59 Å². The number of alkyl carbamates (subject to hydrolysis) is 1. The van der Waals surface area contributed by atoms with E-state index in [-0.39, 0.29) is 42.5 Å². The van der Waals surface area contributed by atoms with Crippen molar-refractivity contribution in [3.05, 3.63) is 71.3 Å². The zero-order valence-electron chi connectivity index (χ0n) is 19.3. The number of aliphatic carboxylic acids is 1. The predicted molar refractivity (Wildman–Crippen MR) is 128 cm³/mol. The van der Waals surface area contributed by atoms with Crippen molar-refractivity contribution in [3.63, 3.8) is 0 Å². The summed E-state index contributed by atoms with van der Waals surface area (Å²) in [6.07, 6.45) is 3.80. The number of carbonyl (C=O) groups is 3. The molecule has 178 valence electrons. The van der Waals surface area contributed by atoms with E-state index in [0.29, 0.717) is 6.42 Å². The number of hydrogen-bond acceptors (Lipinski definition) is 4. The third kappa shape index (κ3) is 5.47. The van der Waals surface area contributed by atoms with E-state index in [0.717, 1.165) is 19.3 Å². The van der Waals surface area contributed by atoms with Crippen LogP contribution in [0.25, 0.3) is 11.1 Å². The van der Waals surface area contributed by atoms with Crippen LogP contribution >= 0.6 is 0 Å². The largest absolute Gasteiger partial charge is 0.478 e. The highest BCUT2D eigenvalue weighted by Crippen LogP contribution is 2.44. The predicted octanol–water partition coefficient (Wildman–Crippen LogP) is 4.23. The van der Waals surface area contributed by atoms with Crippen LogP contribution in [-0.4, -0.2) is 42.3 Å². The second kappa shape index (κ2) is 10.5. The first-order valence-electron chi connectivity index (χ1n) is 11.7. The van der Waals surface area contributed by atoms with Gasteiger partial charge in [-0.15, -0.1) is 0 Å². The van der Waals surface area contributed by atoms with Gasteiger partial charge in [-0.2, -0.15) is 0 Å². The van der Waals surface area contributed by atoms with Crippen molar-refractivity contribution in [1.29, 1.82) is 0 Å². The first kappa shape index (κ1) is 23.5. The van der Waals surface area contributed by atoms with Gasteiger partial charge in [0.05, 0.1) is 0 Å². The van der Waals surface area contributed by atoms with Crippen LogP contribution in [-0.2, 0) is 14.3 Å². The standard InChI is InChI=1S/C27H30N2O5/c1-17(26(31)32)12-13-28-25(30)15-18-10-11-19(14-18)29-27(33)34-16-24-22-8-4-2-6-20(22)21-7-3-5-9-23(21)24/h2-9,12,18-19,24H,10-11,13-16H2,1H3,(H,28,30)(H,29,33)(H,31,32)/b17-12+/t18-,19+/m1/s1. The molecular weight excluding hydrogens is 432 g/mol. The summed E-state index contributed by atoms with van der Waals surface area (Å²) in [5, 5.41) is 14.5. The number of fused-ring (bicyclic) bond motifs is 3. The van der Waals surface area contributed by atoms with Gasteiger partial charge in [-0.3, -0.25) is 4.79 Å². The summed E-state index contributed by atoms with van der Waals surface area (Å²) < 4.78 is 5.63. The number of amides is 2. The Morgan fingerprint density at radius 1 is 1.03 bits per heavy atom. The number of benzene rings is 2. The minimum atomic E-state index is -0.993. The number of ether oxygens (including phenoxy) is 1. The Morgan fingerprint density at radius 2 is 1.68 bits per heavy atom. The summed E-state index contributed by atoms with van der Waals surface area (Å²) in [6, 6.07) is 16.4. The van der Waals surface area contributed by atoms with Crippen molar-refractivity contribution in [2.75, 3.05) is 13.2 Å². The summed E-state index contributed by atoms with van der Waals surface area (Å²) in [7, 11) is 0. The van der Waals surface area contributed by atoms with Crippen LogP contribution in [0, 0.1) is 5.92 Å². The zero-order chi connectivity index (χ0) is 24.1. The molecule has 3 N–H and O–H groups in total. The van der Waals surface area contributed by atoms with Crippen LogP contribution in [0.2, 0.25) is 0 Å². The molecule has 2 atom stereocenters. The molecular formula is C27H30N2O5. The topological polar surface area (TPSA) is 105 Å². The first-order chi connectivity index (χ1) is 16.4. The van der Waals surface area contributed by atoms with E-state index in [1.54, 1.807) is 0 Å². The Bertz CT molecular complexity index is 1060. The van der Waals surface area contributed by atoms with E-state index in [2.05, 4.69) is 34.9 Å². The molecule has 0 radical (unpaired) electrons. The smallest absolute Gasteiger partial charge is 0.407 e. The van der Waals surface area contributed by atoms with Gasteiger partial charge in [0.1, 0.15) is 6.61 Å². The molecule has 7 nitrogen and oxygen atoms in total. The van der Waals surface area contributed by atoms with Gasteiger partial charge in [0.25, 0.3) is 0 Å². The van der Waals surface area contributed by atoms with Gasteiger partial charge in [-0.1, -0.05) is 54.6 Å². The molecule has 2 aliphatic carbocycles. The number of carboxylic acid groups (broad SMARTS) is 1. The fraction of sp³-hybridized carbons (Fsp3) is 0.370. The third-order valence-corrected chi connectivity index (χ3v) is 6.73. The molecule has 0 heterocycles. The molecule has 0 spiro atoms. The number of hydrogen-bond donors (Lipinski definition) is 3. The van der Waals surface area contributed by atoms with E-state index in [1.807, 2.05) is 24.3 Å². The maximum absolute atomic E-state index is 12.5. The molecule has 0 aromatic heterocycles. The molecule has 0 aliphatic heterocycles. The minimum absolute atomic E-state index is 0.0115. The van der Waals surface area contributed by atoms with Gasteiger partial charge >= 0.3 is 12.1 Å². The van der Waals surface area contributed by atoms with Crippen LogP contribution in [0.15, 0.2) is 60.2 Å². The quantitative estimate of drug-likeness (QED) is 0.509. The second-order valence-electron chi connectivity index (χ2n) is 9.05. The van der Waals surface area contributed by atoms with Crippen LogP contribution in [0.4, 0.5) is 4.79 Å². The van der Waals surface area contributed by atoms with E-state index < -0.39 is 12.1 Å². The van der Waals surface area contributed by atoms with Gasteiger partial charge in [0.15, 0.2) is 0 Å². The second-order valence-corrected chi connectivity index (χ2v) is 9.05. The lowest BCUT2D eigenvalue weighted by molar-refractivity contribution is -0.132. The maximum atomic E-state index is 12.5. The summed E-state index contributed by atoms with van der Waals surface area (Å²) in [6.45, 7) is 1.97. The van der Waals surface area contributed by atoms with E-state index in [4.69, 9.17) is 9.84 Å². The van der Waals surface area contributed by atoms with Crippen molar-refractivity contribution in [1.82, 2.24) is 10.6 Å². The molecule has 1 saturated carbocycles. The SMILES string of the molecule is C/C(=C\CNC(=O)C[C@@H]1CC[C@H](NC(=O)OCC2c3ccccc3-c3ccccc32)C1)C(=O)O. The summed E-state index contributed by atoms with van der Waals surface area (Å²) >= 11 is 0. The Labute approximate surface area is 199 Å². The van der Waals surface area contributed by atoms with Crippen LogP contribution < -0.4 is 10.6 Å². The van der Waals surface area contributed by atoms with Crippen molar-refractivity contribution >= 4 is 18.0 Å². The van der Waals surface area contributed by atoms with Crippen molar-refractivity contribution < 1.29 is 24.2 Å². The number of carbonyl (C=O) groups excluding carboxylic acids is 2. The molecule has 2 aromatic rings. The van der Waals surface area contributed by atoms with Crippen LogP contribution in [0.1, 0.15) is 49.7 Å². The first-order valence-corrected chi connectivity index (χ1v) is 11.7. The Kier molecular flexibility index (Phi) is 7.30. The molecule has 7 heteroatoms. The van der Waals surface area contributed by atoms with E-state index >= 15 is 0 Å². The highest BCUT2D eigenvalue weighted by atomic mass is 16.5. The van der Waals surface area contributed by atoms with Crippen LogP contribution in [0.3, 0.4) is 0 Å². The highest BCUT2D eigenvalue weighted by Gasteiger charge is 2.31. The summed E-state index contributed by atoms with van der Waals surface area (Å²) in [5.41, 5.74) is 4.94. The summed E-state index contributed by atoms with van der Waals surface area (Å²) in [5.74, 6) is -0.895. The van der Waals surface area contributed by atoms with Gasteiger partial charge in [0, 0.05) is 30.5 Å². The Morgan fingerprint density at radius 3 is 2.32 bits per heavy atom. The van der Waals surface area contributed by atoms with E-state index in [1.165, 1.54) is 35.3 Å². The normalized spacial score (nSPS) is 19.3. The molecule has 2 aromatic carbocycles. The number of nitrogens with one attached hydrogen (secondary N) is 2. The average Bonchev–Trinajstić information content (AvgIpc) is 3.39. The number of carboxylic acids is 1. The van der Waals surface area contributed by atoms with Gasteiger partial charge < -0.3 is 20.5 Å². The third-order valence-electron chi connectivity index (χ3n) is 6.73. The van der Waals surface area contributed by atoms with Gasteiger partial charge in [0.2, 0.25) is 5.91 Å². The lowest BCUT2D eigenvalue weighted by atomic mass is 9.98. The van der Waals surface area contributed by atoms with Crippen molar-refractivity contribution in [2.24, 2.45) is 5.92 Å². The number of rotatable bonds is 8. The minimum Gasteiger partial charge on any atom is -0.478 e. The molecule has 34 heavy (non-hydrogen) atoms. The highest BCUT2D eigenvalue weighted by molar-refractivity contribution is 5.86. The lowest BCUT2D eigenvalue weighted by Gasteiger charge is -2.17. The molecule has 2 aliphatic rings. The Balaban J connectivity index is 1.22. The molecule has 2 amide bonds. The van der Waals surface area contributed by atoms with E-state index in [9.17, 15) is 14.4 Å². The van der Waals surface area contributed by atoms with Gasteiger partial charge in [-0.05, 0) is 54.4 Å². The maximum Gasteiger partial charge on any atom is 0.407 e. The monoisotopic (exact) mass is 462 g/mol. The molecule has 0 bridgehead atoms. The zero-order valence-corrected chi connectivity index (χ0v) is 19.3. The molecule has 0 saturated heterocycles. The average molecular weight is 463 g/mol. The Hall–Kier alpha value is -3.61. The van der Waals surface area contributed by atoms with Crippen molar-refractivity contribution in [2.45, 2.75) is 44.6 Å². The fourth-order valence-electron chi connectivity index (χ4n) is 4.94. The fourth-order valence-corrected chi connectivity index (χ4v) is 4.94. The van der Waals surface area contributed by atoms with Crippen LogP contribution in [0.5, 0.6) is 0 Å². The lowest BCUT2D eigenvalue weighted by Crippen LogP contribution is -2.34. The molecule has 0 unspecified atom stereocenters. The molecule has 1 fully saturated rings. The van der Waals surface area contributed by atoms with Crippen molar-refractivity contribution in [3.8, 4) is 11.1 Å². The molecule has 4 rings (SSSR count). The summed E-state index contributed by atoms with van der Waals surface area (Å²) in [4.78, 5) is 35.4.